The molecule has 0 atom stereocenters. The number of carbonyl (C=O) groups is 1. The Morgan fingerprint density at radius 3 is 2.61 bits per heavy atom. The first-order valence-corrected chi connectivity index (χ1v) is 11.7. The number of aryl methyl sites for hydroxylation is 1. The number of furan rings is 1. The molecule has 0 aliphatic carbocycles. The lowest BCUT2D eigenvalue weighted by Gasteiger charge is -2.12. The van der Waals surface area contributed by atoms with Crippen LogP contribution in [0.1, 0.15) is 21.6 Å². The smallest absolute Gasteiger partial charge is 0.260 e. The summed E-state index contributed by atoms with van der Waals surface area (Å²) >= 11 is 3.13. The number of rotatable bonds is 7. The zero-order valence-corrected chi connectivity index (χ0v) is 18.7. The summed E-state index contributed by atoms with van der Waals surface area (Å²) in [5, 5.41) is 3.57. The highest BCUT2D eigenvalue weighted by molar-refractivity contribution is 7.98. The minimum atomic E-state index is -0.233. The first-order chi connectivity index (χ1) is 15.1. The van der Waals surface area contributed by atoms with Crippen LogP contribution in [0.4, 0.5) is 5.69 Å². The van der Waals surface area contributed by atoms with Gasteiger partial charge in [0, 0.05) is 28.7 Å². The molecule has 4 rings (SSSR count). The van der Waals surface area contributed by atoms with E-state index in [2.05, 4.69) is 26.3 Å². The molecule has 1 amide bonds. The van der Waals surface area contributed by atoms with Gasteiger partial charge < -0.3 is 9.73 Å². The van der Waals surface area contributed by atoms with Crippen molar-refractivity contribution in [2.75, 3.05) is 11.6 Å². The third-order valence-electron chi connectivity index (χ3n) is 4.46. The van der Waals surface area contributed by atoms with E-state index in [1.807, 2.05) is 42.8 Å². The van der Waals surface area contributed by atoms with Crippen LogP contribution in [0.5, 0.6) is 0 Å². The van der Waals surface area contributed by atoms with Crippen LogP contribution in [-0.4, -0.2) is 27.1 Å². The van der Waals surface area contributed by atoms with Crippen molar-refractivity contribution >= 4 is 35.1 Å². The molecule has 0 bridgehead atoms. The van der Waals surface area contributed by atoms with Gasteiger partial charge in [-0.25, -0.2) is 9.97 Å². The number of benzene rings is 1. The highest BCUT2D eigenvalue weighted by Crippen LogP contribution is 2.27. The van der Waals surface area contributed by atoms with E-state index >= 15 is 0 Å². The third-order valence-corrected chi connectivity index (χ3v) is 6.22. The van der Waals surface area contributed by atoms with Gasteiger partial charge in [-0.05, 0) is 61.2 Å². The standard InChI is InChI=1S/C23H20N4O2S2/c1-15-20(23(30-2)27-21(25-15)19-6-4-12-29-19)22(28)26-17-7-9-18(10-8-17)31-14-16-5-3-11-24-13-16/h3-13H,14H2,1-2H3,(H,26,28). The Kier molecular flexibility index (Phi) is 6.69. The zero-order chi connectivity index (χ0) is 21.6. The molecule has 3 aromatic heterocycles. The Morgan fingerprint density at radius 2 is 1.94 bits per heavy atom. The number of amides is 1. The summed E-state index contributed by atoms with van der Waals surface area (Å²) in [5.74, 6) is 1.65. The Balaban J connectivity index is 1.46. The maximum absolute atomic E-state index is 13.0. The average Bonchev–Trinajstić information content (AvgIpc) is 3.33. The molecule has 3 heterocycles. The Bertz CT molecular complexity index is 1160. The molecule has 0 unspecified atom stereocenters. The lowest BCUT2D eigenvalue weighted by atomic mass is 10.2. The van der Waals surface area contributed by atoms with Crippen molar-refractivity contribution in [3.05, 3.63) is 84.0 Å². The molecular formula is C23H20N4O2S2. The Morgan fingerprint density at radius 1 is 1.10 bits per heavy atom. The van der Waals surface area contributed by atoms with Gasteiger partial charge in [0.1, 0.15) is 5.03 Å². The second-order valence-corrected chi connectivity index (χ2v) is 8.47. The maximum atomic E-state index is 13.0. The Labute approximate surface area is 188 Å². The van der Waals surface area contributed by atoms with Crippen molar-refractivity contribution in [2.24, 2.45) is 0 Å². The largest absolute Gasteiger partial charge is 0.461 e. The second-order valence-electron chi connectivity index (χ2n) is 6.62. The quantitative estimate of drug-likeness (QED) is 0.287. The van der Waals surface area contributed by atoms with Crippen molar-refractivity contribution in [3.63, 3.8) is 0 Å². The molecule has 0 saturated carbocycles. The van der Waals surface area contributed by atoms with E-state index in [1.165, 1.54) is 17.3 Å². The molecule has 1 N–H and O–H groups in total. The Hall–Kier alpha value is -3.10. The maximum Gasteiger partial charge on any atom is 0.260 e. The van der Waals surface area contributed by atoms with Gasteiger partial charge in [0.25, 0.3) is 5.91 Å². The first-order valence-electron chi connectivity index (χ1n) is 9.53. The predicted molar refractivity (Wildman–Crippen MR) is 124 cm³/mol. The van der Waals surface area contributed by atoms with Gasteiger partial charge in [0.2, 0.25) is 0 Å². The molecule has 8 heteroatoms. The fourth-order valence-corrected chi connectivity index (χ4v) is 4.40. The highest BCUT2D eigenvalue weighted by atomic mass is 32.2. The fourth-order valence-electron chi connectivity index (χ4n) is 2.95. The molecular weight excluding hydrogens is 428 g/mol. The number of anilines is 1. The lowest BCUT2D eigenvalue weighted by Crippen LogP contribution is -2.16. The number of thioether (sulfide) groups is 2. The summed E-state index contributed by atoms with van der Waals surface area (Å²) in [6, 6.07) is 15.4. The van der Waals surface area contributed by atoms with Crippen LogP contribution in [0, 0.1) is 6.92 Å². The predicted octanol–water partition coefficient (Wildman–Crippen LogP) is 5.71. The minimum absolute atomic E-state index is 0.233. The van der Waals surface area contributed by atoms with Gasteiger partial charge in [-0.15, -0.1) is 23.5 Å². The summed E-state index contributed by atoms with van der Waals surface area (Å²) in [6.45, 7) is 1.81. The molecule has 0 aliphatic rings. The average molecular weight is 449 g/mol. The molecule has 0 radical (unpaired) electrons. The van der Waals surface area contributed by atoms with Crippen LogP contribution in [0.2, 0.25) is 0 Å². The number of carbonyl (C=O) groups excluding carboxylic acids is 1. The van der Waals surface area contributed by atoms with E-state index in [0.717, 1.165) is 16.3 Å². The summed E-state index contributed by atoms with van der Waals surface area (Å²) in [5.41, 5.74) is 2.96. The van der Waals surface area contributed by atoms with E-state index < -0.39 is 0 Å². The molecule has 6 nitrogen and oxygen atoms in total. The van der Waals surface area contributed by atoms with Crippen molar-refractivity contribution < 1.29 is 9.21 Å². The summed E-state index contributed by atoms with van der Waals surface area (Å²) in [7, 11) is 0. The number of pyridine rings is 1. The topological polar surface area (TPSA) is 80.9 Å². The molecule has 0 aliphatic heterocycles. The van der Waals surface area contributed by atoms with Gasteiger partial charge in [-0.2, -0.15) is 0 Å². The molecule has 0 saturated heterocycles. The number of hydrogen-bond acceptors (Lipinski definition) is 7. The van der Waals surface area contributed by atoms with Crippen LogP contribution in [-0.2, 0) is 5.75 Å². The highest BCUT2D eigenvalue weighted by Gasteiger charge is 2.20. The van der Waals surface area contributed by atoms with E-state index in [0.29, 0.717) is 27.9 Å². The number of hydrogen-bond donors (Lipinski definition) is 1. The molecule has 0 spiro atoms. The summed E-state index contributed by atoms with van der Waals surface area (Å²) < 4.78 is 5.39. The number of nitrogens with zero attached hydrogens (tertiary/aromatic N) is 3. The van der Waals surface area contributed by atoms with Gasteiger partial charge >= 0.3 is 0 Å². The van der Waals surface area contributed by atoms with E-state index in [9.17, 15) is 4.79 Å². The fraction of sp³-hybridized carbons (Fsp3) is 0.130. The van der Waals surface area contributed by atoms with E-state index in [1.54, 1.807) is 43.3 Å². The lowest BCUT2D eigenvalue weighted by molar-refractivity contribution is 0.102. The van der Waals surface area contributed by atoms with Gasteiger partial charge in [0.05, 0.1) is 17.5 Å². The molecule has 4 aromatic rings. The van der Waals surface area contributed by atoms with E-state index in [4.69, 9.17) is 4.42 Å². The molecule has 31 heavy (non-hydrogen) atoms. The van der Waals surface area contributed by atoms with E-state index in [-0.39, 0.29) is 5.91 Å². The van der Waals surface area contributed by atoms with Gasteiger partial charge in [-0.3, -0.25) is 9.78 Å². The second kappa shape index (κ2) is 9.80. The normalized spacial score (nSPS) is 10.8. The van der Waals surface area contributed by atoms with Crippen LogP contribution < -0.4 is 5.32 Å². The molecule has 156 valence electrons. The van der Waals surface area contributed by atoms with Crippen molar-refractivity contribution in [2.45, 2.75) is 22.6 Å². The van der Waals surface area contributed by atoms with Crippen LogP contribution >= 0.6 is 23.5 Å². The van der Waals surface area contributed by atoms with Gasteiger partial charge in [-0.1, -0.05) is 6.07 Å². The van der Waals surface area contributed by atoms with Crippen molar-refractivity contribution in [1.29, 1.82) is 0 Å². The molecule has 1 aromatic carbocycles. The summed E-state index contributed by atoms with van der Waals surface area (Å²) in [4.78, 5) is 27.2. The van der Waals surface area contributed by atoms with Crippen LogP contribution in [0.3, 0.4) is 0 Å². The zero-order valence-electron chi connectivity index (χ0n) is 17.0. The van der Waals surface area contributed by atoms with Gasteiger partial charge in [0.15, 0.2) is 11.6 Å². The van der Waals surface area contributed by atoms with Crippen LogP contribution in [0.15, 0.2) is 81.5 Å². The third kappa shape index (κ3) is 5.15. The van der Waals surface area contributed by atoms with Crippen molar-refractivity contribution in [1.82, 2.24) is 15.0 Å². The first kappa shape index (κ1) is 21.1. The number of nitrogens with one attached hydrogen (secondary N) is 1. The summed E-state index contributed by atoms with van der Waals surface area (Å²) in [6.07, 6.45) is 7.10. The SMILES string of the molecule is CSc1nc(-c2ccco2)nc(C)c1C(=O)Nc1ccc(SCc2cccnc2)cc1. The van der Waals surface area contributed by atoms with Crippen molar-refractivity contribution in [3.8, 4) is 11.6 Å². The van der Waals surface area contributed by atoms with Crippen LogP contribution in [0.25, 0.3) is 11.6 Å². The number of aromatic nitrogens is 3. The minimum Gasteiger partial charge on any atom is -0.461 e. The monoisotopic (exact) mass is 448 g/mol. The molecule has 0 fully saturated rings.